The van der Waals surface area contributed by atoms with Crippen molar-refractivity contribution < 1.29 is 0 Å². The number of rotatable bonds is 4. The van der Waals surface area contributed by atoms with Crippen molar-refractivity contribution in [3.63, 3.8) is 0 Å². The maximum atomic E-state index is 5.73. The van der Waals surface area contributed by atoms with Crippen LogP contribution in [0.4, 0.5) is 0 Å². The van der Waals surface area contributed by atoms with Crippen molar-refractivity contribution >= 4 is 5.96 Å². The fourth-order valence-electron chi connectivity index (χ4n) is 1.49. The molecule has 5 nitrogen and oxygen atoms in total. The van der Waals surface area contributed by atoms with E-state index < -0.39 is 0 Å². The number of hydrogen-bond acceptors (Lipinski definition) is 3. The second-order valence-electron chi connectivity index (χ2n) is 5.86. The van der Waals surface area contributed by atoms with Gasteiger partial charge in [-0.15, -0.1) is 0 Å². The molecule has 1 aromatic rings. The molecule has 19 heavy (non-hydrogen) atoms. The van der Waals surface area contributed by atoms with E-state index in [0.29, 0.717) is 5.96 Å². The second-order valence-corrected chi connectivity index (χ2v) is 5.86. The van der Waals surface area contributed by atoms with Gasteiger partial charge < -0.3 is 10.6 Å². The van der Waals surface area contributed by atoms with E-state index in [0.717, 1.165) is 30.9 Å². The molecule has 106 valence electrons. The largest absolute Gasteiger partial charge is 0.370 e. The highest BCUT2D eigenvalue weighted by atomic mass is 15.2. The van der Waals surface area contributed by atoms with Gasteiger partial charge in [0.1, 0.15) is 5.82 Å². The van der Waals surface area contributed by atoms with E-state index in [9.17, 15) is 0 Å². The average Bonchev–Trinajstić information content (AvgIpc) is 2.33. The number of aromatic nitrogens is 2. The van der Waals surface area contributed by atoms with Gasteiger partial charge in [-0.05, 0) is 18.9 Å². The van der Waals surface area contributed by atoms with Gasteiger partial charge in [0.2, 0.25) is 0 Å². The lowest BCUT2D eigenvalue weighted by Crippen LogP contribution is -2.30. The average molecular weight is 263 g/mol. The SMILES string of the molecule is CN(C)C(N)=NCCCc1ccnc(C(C)(C)C)n1. The Morgan fingerprint density at radius 2 is 2.05 bits per heavy atom. The minimum absolute atomic E-state index is 0.0104. The molecule has 0 aliphatic heterocycles. The van der Waals surface area contributed by atoms with Crippen LogP contribution in [0.5, 0.6) is 0 Å². The van der Waals surface area contributed by atoms with Gasteiger partial charge in [-0.1, -0.05) is 20.8 Å². The van der Waals surface area contributed by atoms with E-state index in [2.05, 4.69) is 35.7 Å². The lowest BCUT2D eigenvalue weighted by molar-refractivity contribution is 0.540. The number of guanidine groups is 1. The van der Waals surface area contributed by atoms with E-state index in [-0.39, 0.29) is 5.41 Å². The molecule has 1 aromatic heterocycles. The summed E-state index contributed by atoms with van der Waals surface area (Å²) in [7, 11) is 3.78. The van der Waals surface area contributed by atoms with E-state index in [1.54, 1.807) is 0 Å². The third-order valence-corrected chi connectivity index (χ3v) is 2.71. The predicted molar refractivity (Wildman–Crippen MR) is 79.2 cm³/mol. The highest BCUT2D eigenvalue weighted by Crippen LogP contribution is 2.17. The maximum absolute atomic E-state index is 5.73. The summed E-state index contributed by atoms with van der Waals surface area (Å²) in [4.78, 5) is 15.0. The van der Waals surface area contributed by atoms with Gasteiger partial charge in [0.05, 0.1) is 0 Å². The Balaban J connectivity index is 2.53. The number of aryl methyl sites for hydroxylation is 1. The standard InChI is InChI=1S/C14H25N5/c1-14(2,3)12-16-10-8-11(18-12)7-6-9-17-13(15)19(4)5/h8,10H,6-7,9H2,1-5H3,(H2,15,17). The first kappa shape index (κ1) is 15.4. The van der Waals surface area contributed by atoms with Crippen LogP contribution >= 0.6 is 0 Å². The van der Waals surface area contributed by atoms with Crippen molar-refractivity contribution in [3.8, 4) is 0 Å². The monoisotopic (exact) mass is 263 g/mol. The number of hydrogen-bond donors (Lipinski definition) is 1. The Morgan fingerprint density at radius 1 is 1.37 bits per heavy atom. The molecule has 0 fully saturated rings. The van der Waals surface area contributed by atoms with Crippen LogP contribution in [-0.2, 0) is 11.8 Å². The Hall–Kier alpha value is -1.65. The Labute approximate surface area is 116 Å². The van der Waals surface area contributed by atoms with Gasteiger partial charge in [-0.25, -0.2) is 9.97 Å². The first-order valence-corrected chi connectivity index (χ1v) is 6.60. The van der Waals surface area contributed by atoms with E-state index in [4.69, 9.17) is 5.73 Å². The van der Waals surface area contributed by atoms with Crippen LogP contribution < -0.4 is 5.73 Å². The molecule has 0 aliphatic carbocycles. The lowest BCUT2D eigenvalue weighted by atomic mass is 9.95. The minimum atomic E-state index is -0.0104. The molecule has 0 amide bonds. The molecule has 1 rings (SSSR count). The van der Waals surface area contributed by atoms with Crippen LogP contribution in [0.1, 0.15) is 38.7 Å². The van der Waals surface area contributed by atoms with Crippen LogP contribution in [0.3, 0.4) is 0 Å². The Morgan fingerprint density at radius 3 is 2.63 bits per heavy atom. The molecule has 0 radical (unpaired) electrons. The van der Waals surface area contributed by atoms with Crippen molar-refractivity contribution in [2.45, 2.75) is 39.0 Å². The quantitative estimate of drug-likeness (QED) is 0.509. The first-order valence-electron chi connectivity index (χ1n) is 6.60. The molecular formula is C14H25N5. The highest BCUT2D eigenvalue weighted by molar-refractivity contribution is 5.77. The van der Waals surface area contributed by atoms with Gasteiger partial charge in [0.15, 0.2) is 5.96 Å². The van der Waals surface area contributed by atoms with E-state index in [1.165, 1.54) is 0 Å². The zero-order valence-corrected chi connectivity index (χ0v) is 12.6. The number of nitrogens with zero attached hydrogens (tertiary/aromatic N) is 4. The summed E-state index contributed by atoms with van der Waals surface area (Å²) in [6, 6.07) is 1.97. The summed E-state index contributed by atoms with van der Waals surface area (Å²) in [5, 5.41) is 0. The van der Waals surface area contributed by atoms with Crippen molar-refractivity contribution in [3.05, 3.63) is 23.8 Å². The molecule has 0 spiro atoms. The lowest BCUT2D eigenvalue weighted by Gasteiger charge is -2.16. The fraction of sp³-hybridized carbons (Fsp3) is 0.643. The summed E-state index contributed by atoms with van der Waals surface area (Å²) < 4.78 is 0. The molecule has 5 heteroatoms. The molecule has 0 saturated heterocycles. The molecule has 0 atom stereocenters. The summed E-state index contributed by atoms with van der Waals surface area (Å²) in [6.07, 6.45) is 3.67. The predicted octanol–water partition coefficient (Wildman–Crippen LogP) is 1.58. The smallest absolute Gasteiger partial charge is 0.190 e. The van der Waals surface area contributed by atoms with Crippen LogP contribution in [0.15, 0.2) is 17.3 Å². The first-order chi connectivity index (χ1) is 8.80. The maximum Gasteiger partial charge on any atom is 0.190 e. The topological polar surface area (TPSA) is 67.4 Å². The third kappa shape index (κ3) is 5.24. The van der Waals surface area contributed by atoms with Crippen LogP contribution in [0.2, 0.25) is 0 Å². The molecular weight excluding hydrogens is 238 g/mol. The van der Waals surface area contributed by atoms with Crippen LogP contribution in [-0.4, -0.2) is 41.5 Å². The van der Waals surface area contributed by atoms with E-state index >= 15 is 0 Å². The van der Waals surface area contributed by atoms with Crippen molar-refractivity contribution in [1.29, 1.82) is 0 Å². The van der Waals surface area contributed by atoms with Gasteiger partial charge >= 0.3 is 0 Å². The zero-order chi connectivity index (χ0) is 14.5. The van der Waals surface area contributed by atoms with Gasteiger partial charge in [0, 0.05) is 37.9 Å². The van der Waals surface area contributed by atoms with Gasteiger partial charge in [-0.2, -0.15) is 0 Å². The molecule has 2 N–H and O–H groups in total. The second kappa shape index (κ2) is 6.50. The van der Waals surface area contributed by atoms with Crippen molar-refractivity contribution in [2.24, 2.45) is 10.7 Å². The van der Waals surface area contributed by atoms with Crippen molar-refractivity contribution in [1.82, 2.24) is 14.9 Å². The fourth-order valence-corrected chi connectivity index (χ4v) is 1.49. The highest BCUT2D eigenvalue weighted by Gasteiger charge is 2.17. The number of nitrogens with two attached hydrogens (primary N) is 1. The number of aliphatic imine (C=N–C) groups is 1. The van der Waals surface area contributed by atoms with Crippen molar-refractivity contribution in [2.75, 3.05) is 20.6 Å². The normalized spacial score (nSPS) is 12.6. The summed E-state index contributed by atoms with van der Waals surface area (Å²) in [5.74, 6) is 1.46. The minimum Gasteiger partial charge on any atom is -0.370 e. The zero-order valence-electron chi connectivity index (χ0n) is 12.6. The Kier molecular flexibility index (Phi) is 5.27. The summed E-state index contributed by atoms with van der Waals surface area (Å²) in [5.41, 5.74) is 6.79. The molecule has 0 bridgehead atoms. The molecule has 0 saturated carbocycles. The van der Waals surface area contributed by atoms with Gasteiger partial charge in [0.25, 0.3) is 0 Å². The summed E-state index contributed by atoms with van der Waals surface area (Å²) >= 11 is 0. The third-order valence-electron chi connectivity index (χ3n) is 2.71. The summed E-state index contributed by atoms with van der Waals surface area (Å²) in [6.45, 7) is 7.08. The molecule has 0 unspecified atom stereocenters. The Bertz CT molecular complexity index is 432. The van der Waals surface area contributed by atoms with Crippen LogP contribution in [0, 0.1) is 0 Å². The molecule has 1 heterocycles. The van der Waals surface area contributed by atoms with E-state index in [1.807, 2.05) is 31.3 Å². The van der Waals surface area contributed by atoms with Gasteiger partial charge in [-0.3, -0.25) is 4.99 Å². The van der Waals surface area contributed by atoms with Crippen LogP contribution in [0.25, 0.3) is 0 Å². The molecule has 0 aromatic carbocycles. The molecule has 0 aliphatic rings.